The molecule has 9 nitrogen and oxygen atoms in total. The van der Waals surface area contributed by atoms with Crippen LogP contribution in [0.15, 0.2) is 4.79 Å². The number of fused-ring (bicyclic) bond motifs is 4. The number of aromatic nitrogens is 3. The smallest absolute Gasteiger partial charge is 0.274 e. The lowest BCUT2D eigenvalue weighted by atomic mass is 9.72. The maximum absolute atomic E-state index is 13.0. The van der Waals surface area contributed by atoms with Gasteiger partial charge in [0.2, 0.25) is 11.9 Å². The van der Waals surface area contributed by atoms with Crippen LogP contribution in [0.2, 0.25) is 0 Å². The summed E-state index contributed by atoms with van der Waals surface area (Å²) in [5, 5.41) is 7.55. The Balaban J connectivity index is 1.44. The van der Waals surface area contributed by atoms with Crippen LogP contribution in [-0.4, -0.2) is 88.1 Å². The molecule has 3 N–H and O–H groups in total. The summed E-state index contributed by atoms with van der Waals surface area (Å²) in [4.78, 5) is 34.4. The van der Waals surface area contributed by atoms with Gasteiger partial charge in [-0.25, -0.2) is 0 Å². The number of rotatable bonds is 5. The van der Waals surface area contributed by atoms with Crippen molar-refractivity contribution in [1.29, 1.82) is 0 Å². The summed E-state index contributed by atoms with van der Waals surface area (Å²) >= 11 is 0. The normalized spacial score (nSPS) is 29.7. The lowest BCUT2D eigenvalue weighted by molar-refractivity contribution is -0.141. The number of carbonyl (C=O) groups is 1. The average molecular weight is 404 g/mol. The first-order chi connectivity index (χ1) is 13.9. The minimum atomic E-state index is -0.357. The number of nitrogens with one attached hydrogen (secondary N) is 1. The molecular formula is C20H33N7O2. The Bertz CT molecular complexity index is 795. The van der Waals surface area contributed by atoms with Gasteiger partial charge < -0.3 is 15.5 Å². The topological polar surface area (TPSA) is 111 Å². The monoisotopic (exact) mass is 403 g/mol. The molecule has 29 heavy (non-hydrogen) atoms. The van der Waals surface area contributed by atoms with Gasteiger partial charge in [-0.2, -0.15) is 0 Å². The van der Waals surface area contributed by atoms with Crippen LogP contribution >= 0.6 is 0 Å². The van der Waals surface area contributed by atoms with Crippen molar-refractivity contribution in [1.82, 2.24) is 29.9 Å². The van der Waals surface area contributed by atoms with Crippen LogP contribution in [-0.2, 0) is 11.2 Å². The predicted molar refractivity (Wildman–Crippen MR) is 110 cm³/mol. The highest BCUT2D eigenvalue weighted by Crippen LogP contribution is 2.41. The molecule has 0 radical (unpaired) electrons. The van der Waals surface area contributed by atoms with E-state index in [2.05, 4.69) is 39.1 Å². The van der Waals surface area contributed by atoms with Gasteiger partial charge in [-0.05, 0) is 51.7 Å². The quantitative estimate of drug-likeness (QED) is 0.708. The van der Waals surface area contributed by atoms with Crippen molar-refractivity contribution in [3.8, 4) is 0 Å². The maximum Gasteiger partial charge on any atom is 0.274 e. The van der Waals surface area contributed by atoms with Gasteiger partial charge in [-0.15, -0.1) is 10.2 Å². The molecule has 0 spiro atoms. The Kier molecular flexibility index (Phi) is 5.87. The number of likely N-dealkylation sites (tertiary alicyclic amines) is 1. The van der Waals surface area contributed by atoms with E-state index in [-0.39, 0.29) is 29.5 Å². The van der Waals surface area contributed by atoms with Crippen LogP contribution in [0.1, 0.15) is 37.8 Å². The number of aryl methyl sites for hydroxylation is 1. The molecule has 2 bridgehead atoms. The summed E-state index contributed by atoms with van der Waals surface area (Å²) in [7, 11) is 4.28. The van der Waals surface area contributed by atoms with Gasteiger partial charge in [0, 0.05) is 44.6 Å². The first-order valence-corrected chi connectivity index (χ1v) is 10.8. The second-order valence-electron chi connectivity index (χ2n) is 9.17. The summed E-state index contributed by atoms with van der Waals surface area (Å²) in [5.74, 6) is 1.20. The van der Waals surface area contributed by atoms with Crippen LogP contribution in [0.4, 0.5) is 5.95 Å². The molecule has 3 aliphatic heterocycles. The summed E-state index contributed by atoms with van der Waals surface area (Å²) in [5.41, 5.74) is 5.36. The zero-order chi connectivity index (χ0) is 20.5. The number of H-pyrrole nitrogens is 1. The van der Waals surface area contributed by atoms with Gasteiger partial charge in [0.1, 0.15) is 5.69 Å². The SMILES string of the molecule is CN(C)C[C@H]1[C@H]2C[C@H](CN(C(=O)CCc3nnc(N)[nH]c3=O)C2)[C@@H]2CCCCN21. The van der Waals surface area contributed by atoms with Gasteiger partial charge in [0.15, 0.2) is 0 Å². The molecule has 0 unspecified atom stereocenters. The molecule has 1 aromatic heterocycles. The number of anilines is 1. The highest BCUT2D eigenvalue weighted by molar-refractivity contribution is 5.76. The molecule has 0 saturated carbocycles. The summed E-state index contributed by atoms with van der Waals surface area (Å²) in [6.07, 6.45) is 5.65. The van der Waals surface area contributed by atoms with E-state index in [1.807, 2.05) is 4.90 Å². The molecule has 3 aliphatic rings. The number of hydrogen-bond acceptors (Lipinski definition) is 7. The first kappa shape index (κ1) is 20.3. The number of amides is 1. The molecule has 0 aromatic carbocycles. The highest BCUT2D eigenvalue weighted by Gasteiger charge is 2.47. The third-order valence-electron chi connectivity index (χ3n) is 6.88. The van der Waals surface area contributed by atoms with E-state index in [4.69, 9.17) is 5.73 Å². The van der Waals surface area contributed by atoms with E-state index in [1.165, 1.54) is 32.2 Å². The second kappa shape index (κ2) is 8.39. The van der Waals surface area contributed by atoms with Crippen LogP contribution in [0.3, 0.4) is 0 Å². The molecule has 4 rings (SSSR count). The van der Waals surface area contributed by atoms with Crippen molar-refractivity contribution < 1.29 is 4.79 Å². The summed E-state index contributed by atoms with van der Waals surface area (Å²) in [6.45, 7) is 3.91. The Labute approximate surface area is 171 Å². The Morgan fingerprint density at radius 3 is 2.79 bits per heavy atom. The van der Waals surface area contributed by atoms with Crippen LogP contribution in [0.5, 0.6) is 0 Å². The number of piperidine rings is 3. The molecule has 1 aromatic rings. The maximum atomic E-state index is 13.0. The number of aromatic amines is 1. The number of carbonyl (C=O) groups excluding carboxylic acids is 1. The number of nitrogens with two attached hydrogens (primary N) is 1. The van der Waals surface area contributed by atoms with Crippen LogP contribution < -0.4 is 11.3 Å². The average Bonchev–Trinajstić information content (AvgIpc) is 2.70. The van der Waals surface area contributed by atoms with Crippen molar-refractivity contribution >= 4 is 11.9 Å². The van der Waals surface area contributed by atoms with E-state index in [0.717, 1.165) is 19.6 Å². The van der Waals surface area contributed by atoms with Gasteiger partial charge in [-0.3, -0.25) is 19.5 Å². The number of hydrogen-bond donors (Lipinski definition) is 2. The molecule has 3 saturated heterocycles. The summed E-state index contributed by atoms with van der Waals surface area (Å²) in [6, 6.07) is 1.12. The fourth-order valence-corrected chi connectivity index (χ4v) is 5.66. The standard InChI is InChI=1S/C20H33N7O2/c1-25(2)12-17-14-9-13(16-5-3-4-8-27(16)17)10-26(11-14)18(28)7-6-15-19(29)22-20(21)24-23-15/h13-14,16-17H,3-12H2,1-2H3,(H3,21,22,24,29)/t13-,14+,16+,17+/m1/s1. The number of nitrogen functional groups attached to an aromatic ring is 1. The van der Waals surface area contributed by atoms with E-state index in [1.54, 1.807) is 0 Å². The van der Waals surface area contributed by atoms with Crippen molar-refractivity contribution in [2.75, 3.05) is 46.0 Å². The largest absolute Gasteiger partial charge is 0.368 e. The minimum Gasteiger partial charge on any atom is -0.368 e. The van der Waals surface area contributed by atoms with E-state index in [0.29, 0.717) is 30.3 Å². The fourth-order valence-electron chi connectivity index (χ4n) is 5.66. The zero-order valence-corrected chi connectivity index (χ0v) is 17.5. The third kappa shape index (κ3) is 4.30. The van der Waals surface area contributed by atoms with E-state index >= 15 is 0 Å². The van der Waals surface area contributed by atoms with Gasteiger partial charge in [-0.1, -0.05) is 6.42 Å². The number of nitrogens with zero attached hydrogens (tertiary/aromatic N) is 5. The van der Waals surface area contributed by atoms with Crippen molar-refractivity contribution in [3.05, 3.63) is 16.0 Å². The second-order valence-corrected chi connectivity index (χ2v) is 9.17. The molecule has 4 atom stereocenters. The molecule has 1 amide bonds. The van der Waals surface area contributed by atoms with Crippen LogP contribution in [0, 0.1) is 11.8 Å². The Morgan fingerprint density at radius 2 is 2.03 bits per heavy atom. The highest BCUT2D eigenvalue weighted by atomic mass is 16.2. The third-order valence-corrected chi connectivity index (χ3v) is 6.88. The van der Waals surface area contributed by atoms with Crippen molar-refractivity contribution in [3.63, 3.8) is 0 Å². The molecule has 0 aliphatic carbocycles. The summed E-state index contributed by atoms with van der Waals surface area (Å²) < 4.78 is 0. The molecule has 4 heterocycles. The molecular weight excluding hydrogens is 370 g/mol. The lowest BCUT2D eigenvalue weighted by Crippen LogP contribution is -2.65. The molecule has 9 heteroatoms. The molecule has 3 fully saturated rings. The fraction of sp³-hybridized carbons (Fsp3) is 0.800. The lowest BCUT2D eigenvalue weighted by Gasteiger charge is -2.57. The van der Waals surface area contributed by atoms with Gasteiger partial charge in [0.05, 0.1) is 0 Å². The van der Waals surface area contributed by atoms with Crippen molar-refractivity contribution in [2.45, 2.75) is 50.6 Å². The predicted octanol–water partition coefficient (Wildman–Crippen LogP) is -0.0573. The number of likely N-dealkylation sites (N-methyl/N-ethyl adjacent to an activating group) is 1. The van der Waals surface area contributed by atoms with E-state index in [9.17, 15) is 9.59 Å². The Hall–Kier alpha value is -2.00. The molecule has 160 valence electrons. The Morgan fingerprint density at radius 1 is 1.24 bits per heavy atom. The van der Waals surface area contributed by atoms with E-state index < -0.39 is 0 Å². The zero-order valence-electron chi connectivity index (χ0n) is 17.5. The first-order valence-electron chi connectivity index (χ1n) is 10.8. The van der Waals surface area contributed by atoms with Crippen molar-refractivity contribution in [2.24, 2.45) is 11.8 Å². The van der Waals surface area contributed by atoms with Crippen LogP contribution in [0.25, 0.3) is 0 Å². The van der Waals surface area contributed by atoms with Gasteiger partial charge in [0.25, 0.3) is 5.56 Å². The minimum absolute atomic E-state index is 0.00194. The van der Waals surface area contributed by atoms with Gasteiger partial charge >= 0.3 is 0 Å².